The van der Waals surface area contributed by atoms with Crippen LogP contribution in [0.3, 0.4) is 0 Å². The highest BCUT2D eigenvalue weighted by Gasteiger charge is 2.36. The van der Waals surface area contributed by atoms with E-state index in [1.54, 1.807) is 14.2 Å². The first-order valence-electron chi connectivity index (χ1n) is 8.39. The lowest BCUT2D eigenvalue weighted by molar-refractivity contribution is -0.134. The van der Waals surface area contributed by atoms with E-state index in [2.05, 4.69) is 0 Å². The summed E-state index contributed by atoms with van der Waals surface area (Å²) >= 11 is 0. The monoisotopic (exact) mass is 318 g/mol. The molecule has 0 aromatic heterocycles. The van der Waals surface area contributed by atoms with Gasteiger partial charge < -0.3 is 20.1 Å². The molecule has 3 rings (SSSR count). The number of amides is 1. The minimum absolute atomic E-state index is 0.0218. The maximum Gasteiger partial charge on any atom is 0.227 e. The van der Waals surface area contributed by atoms with Gasteiger partial charge in [0.1, 0.15) is 11.5 Å². The molecule has 1 heterocycles. The van der Waals surface area contributed by atoms with Gasteiger partial charge in [0.05, 0.1) is 20.1 Å². The predicted octanol–water partition coefficient (Wildman–Crippen LogP) is 2.15. The van der Waals surface area contributed by atoms with E-state index in [1.807, 2.05) is 23.1 Å². The molecule has 1 saturated carbocycles. The third-order valence-electron chi connectivity index (χ3n) is 5.23. The number of benzene rings is 1. The highest BCUT2D eigenvalue weighted by molar-refractivity contribution is 5.80. The van der Waals surface area contributed by atoms with Gasteiger partial charge in [0.2, 0.25) is 5.91 Å². The number of carbonyl (C=O) groups is 1. The van der Waals surface area contributed by atoms with Gasteiger partial charge in [-0.3, -0.25) is 4.79 Å². The Hall–Kier alpha value is -1.75. The van der Waals surface area contributed by atoms with Crippen LogP contribution in [0.25, 0.3) is 0 Å². The van der Waals surface area contributed by atoms with E-state index < -0.39 is 0 Å². The number of methoxy groups -OCH3 is 2. The van der Waals surface area contributed by atoms with Crippen LogP contribution in [-0.2, 0) is 4.79 Å². The third kappa shape index (κ3) is 3.29. The first kappa shape index (κ1) is 16.1. The van der Waals surface area contributed by atoms with Crippen molar-refractivity contribution in [2.45, 2.75) is 37.6 Å². The van der Waals surface area contributed by atoms with Crippen molar-refractivity contribution >= 4 is 5.91 Å². The molecule has 0 radical (unpaired) electrons. The maximum atomic E-state index is 12.7. The van der Waals surface area contributed by atoms with E-state index in [-0.39, 0.29) is 17.9 Å². The molecule has 2 N–H and O–H groups in total. The Morgan fingerprint density at radius 2 is 1.83 bits per heavy atom. The lowest BCUT2D eigenvalue weighted by Gasteiger charge is -2.23. The maximum absolute atomic E-state index is 12.7. The molecule has 1 aliphatic carbocycles. The average molecular weight is 318 g/mol. The Kier molecular flexibility index (Phi) is 4.76. The van der Waals surface area contributed by atoms with Crippen molar-refractivity contribution in [3.05, 3.63) is 23.8 Å². The smallest absolute Gasteiger partial charge is 0.227 e. The van der Waals surface area contributed by atoms with Crippen molar-refractivity contribution < 1.29 is 14.3 Å². The summed E-state index contributed by atoms with van der Waals surface area (Å²) in [5.41, 5.74) is 7.26. The van der Waals surface area contributed by atoms with Crippen LogP contribution in [-0.4, -0.2) is 44.2 Å². The van der Waals surface area contributed by atoms with E-state index in [0.717, 1.165) is 50.3 Å². The molecule has 126 valence electrons. The summed E-state index contributed by atoms with van der Waals surface area (Å²) in [6, 6.07) is 6.00. The Morgan fingerprint density at radius 1 is 1.13 bits per heavy atom. The van der Waals surface area contributed by atoms with Gasteiger partial charge in [-0.25, -0.2) is 0 Å². The molecule has 0 spiro atoms. The van der Waals surface area contributed by atoms with E-state index >= 15 is 0 Å². The molecule has 3 unspecified atom stereocenters. The molecule has 1 aromatic rings. The van der Waals surface area contributed by atoms with E-state index in [9.17, 15) is 4.79 Å². The van der Waals surface area contributed by atoms with Crippen LogP contribution in [0.15, 0.2) is 18.2 Å². The summed E-state index contributed by atoms with van der Waals surface area (Å²) in [7, 11) is 3.31. The Morgan fingerprint density at radius 3 is 2.39 bits per heavy atom. The summed E-state index contributed by atoms with van der Waals surface area (Å²) in [6.45, 7) is 1.57. The molecule has 5 nitrogen and oxygen atoms in total. The van der Waals surface area contributed by atoms with E-state index in [0.29, 0.717) is 5.92 Å². The van der Waals surface area contributed by atoms with Crippen LogP contribution in [0.1, 0.15) is 37.2 Å². The van der Waals surface area contributed by atoms with Crippen LogP contribution in [0.4, 0.5) is 0 Å². The molecular weight excluding hydrogens is 292 g/mol. The summed E-state index contributed by atoms with van der Waals surface area (Å²) < 4.78 is 10.7. The van der Waals surface area contributed by atoms with Gasteiger partial charge >= 0.3 is 0 Å². The van der Waals surface area contributed by atoms with Crippen molar-refractivity contribution in [1.29, 1.82) is 0 Å². The van der Waals surface area contributed by atoms with Crippen molar-refractivity contribution in [3.63, 3.8) is 0 Å². The summed E-state index contributed by atoms with van der Waals surface area (Å²) in [5.74, 6) is 2.19. The predicted molar refractivity (Wildman–Crippen MR) is 88.8 cm³/mol. The number of rotatable bonds is 4. The van der Waals surface area contributed by atoms with Crippen LogP contribution >= 0.6 is 0 Å². The molecule has 1 saturated heterocycles. The molecule has 1 amide bonds. The van der Waals surface area contributed by atoms with Crippen molar-refractivity contribution in [3.8, 4) is 11.5 Å². The Balaban J connectivity index is 1.71. The first-order valence-corrected chi connectivity index (χ1v) is 8.39. The lowest BCUT2D eigenvalue weighted by atomic mass is 9.97. The zero-order chi connectivity index (χ0) is 16.4. The molecule has 2 fully saturated rings. The second kappa shape index (κ2) is 6.79. The minimum Gasteiger partial charge on any atom is -0.497 e. The number of nitrogens with zero attached hydrogens (tertiary/aromatic N) is 1. The summed E-state index contributed by atoms with van der Waals surface area (Å²) in [6.07, 6.45) is 3.96. The molecular formula is C18H26N2O3. The van der Waals surface area contributed by atoms with Gasteiger partial charge in [0, 0.05) is 31.1 Å². The van der Waals surface area contributed by atoms with E-state index in [4.69, 9.17) is 15.2 Å². The number of hydrogen-bond acceptors (Lipinski definition) is 4. The molecule has 1 aromatic carbocycles. The van der Waals surface area contributed by atoms with Crippen LogP contribution in [0.5, 0.6) is 11.5 Å². The fourth-order valence-electron chi connectivity index (χ4n) is 3.83. The Bertz CT molecular complexity index is 553. The molecule has 3 atom stereocenters. The second-order valence-corrected chi connectivity index (χ2v) is 6.62. The van der Waals surface area contributed by atoms with Gasteiger partial charge in [0.15, 0.2) is 0 Å². The highest BCUT2D eigenvalue weighted by Crippen LogP contribution is 2.34. The molecule has 5 heteroatoms. The van der Waals surface area contributed by atoms with Crippen molar-refractivity contribution in [2.75, 3.05) is 27.3 Å². The third-order valence-corrected chi connectivity index (χ3v) is 5.23. The highest BCUT2D eigenvalue weighted by atomic mass is 16.5. The number of likely N-dealkylation sites (tertiary alicyclic amines) is 1. The number of ether oxygens (including phenoxy) is 2. The molecule has 23 heavy (non-hydrogen) atoms. The topological polar surface area (TPSA) is 64.8 Å². The zero-order valence-electron chi connectivity index (χ0n) is 14.0. The SMILES string of the molecule is COc1cc(OC)cc(C2CCN(C(=O)C3CCCC3N)C2)c1. The quantitative estimate of drug-likeness (QED) is 0.924. The second-order valence-electron chi connectivity index (χ2n) is 6.62. The normalized spacial score (nSPS) is 27.3. The fourth-order valence-corrected chi connectivity index (χ4v) is 3.83. The largest absolute Gasteiger partial charge is 0.497 e. The van der Waals surface area contributed by atoms with Gasteiger partial charge in [-0.05, 0) is 37.0 Å². The van der Waals surface area contributed by atoms with Gasteiger partial charge in [0.25, 0.3) is 0 Å². The van der Waals surface area contributed by atoms with Crippen molar-refractivity contribution in [2.24, 2.45) is 11.7 Å². The van der Waals surface area contributed by atoms with Gasteiger partial charge in [-0.15, -0.1) is 0 Å². The molecule has 2 aliphatic rings. The zero-order valence-corrected chi connectivity index (χ0v) is 14.0. The lowest BCUT2D eigenvalue weighted by Crippen LogP contribution is -2.40. The summed E-state index contributed by atoms with van der Waals surface area (Å²) in [4.78, 5) is 14.7. The average Bonchev–Trinajstić information content (AvgIpc) is 3.22. The Labute approximate surface area is 137 Å². The van der Waals surface area contributed by atoms with Crippen LogP contribution < -0.4 is 15.2 Å². The first-order chi connectivity index (χ1) is 11.1. The fraction of sp³-hybridized carbons (Fsp3) is 0.611. The summed E-state index contributed by atoms with van der Waals surface area (Å²) in [5, 5.41) is 0. The van der Waals surface area contributed by atoms with Crippen molar-refractivity contribution in [1.82, 2.24) is 4.90 Å². The molecule has 1 aliphatic heterocycles. The van der Waals surface area contributed by atoms with E-state index in [1.165, 1.54) is 5.56 Å². The van der Waals surface area contributed by atoms with Crippen LogP contribution in [0, 0.1) is 5.92 Å². The van der Waals surface area contributed by atoms with Gasteiger partial charge in [-0.1, -0.05) is 6.42 Å². The van der Waals surface area contributed by atoms with Gasteiger partial charge in [-0.2, -0.15) is 0 Å². The number of carbonyl (C=O) groups excluding carboxylic acids is 1. The van der Waals surface area contributed by atoms with Crippen LogP contribution in [0.2, 0.25) is 0 Å². The standard InChI is InChI=1S/C18H26N2O3/c1-22-14-8-13(9-15(10-14)23-2)12-6-7-20(11-12)18(21)16-4-3-5-17(16)19/h8-10,12,16-17H,3-7,11,19H2,1-2H3. The molecule has 0 bridgehead atoms. The number of hydrogen-bond donors (Lipinski definition) is 1. The number of nitrogens with two attached hydrogens (primary N) is 1. The minimum atomic E-state index is 0.0218.